The zero-order valence-corrected chi connectivity index (χ0v) is 23.0. The van der Waals surface area contributed by atoms with Crippen LogP contribution < -0.4 is 14.8 Å². The van der Waals surface area contributed by atoms with Crippen molar-refractivity contribution in [3.8, 4) is 11.5 Å². The molecular weight excluding hydrogens is 516 g/mol. The van der Waals surface area contributed by atoms with Crippen LogP contribution in [0.1, 0.15) is 56.4 Å². The van der Waals surface area contributed by atoms with Crippen LogP contribution in [0.5, 0.6) is 11.5 Å². The number of hydrogen-bond acceptors (Lipinski definition) is 7. The van der Waals surface area contributed by atoms with Gasteiger partial charge in [0.2, 0.25) is 0 Å². The van der Waals surface area contributed by atoms with Crippen molar-refractivity contribution in [3.63, 3.8) is 0 Å². The number of hydrogen-bond donors (Lipinski definition) is 3. The molecule has 1 aliphatic heterocycles. The number of carbonyl (C=O) groups excluding carboxylic acids is 1. The number of thioether (sulfide) groups is 1. The third kappa shape index (κ3) is 6.99. The summed E-state index contributed by atoms with van der Waals surface area (Å²) in [5.41, 5.74) is 2.40. The lowest BCUT2D eigenvalue weighted by molar-refractivity contribution is -0.136. The van der Waals surface area contributed by atoms with Crippen LogP contribution in [0.15, 0.2) is 58.4 Å². The summed E-state index contributed by atoms with van der Waals surface area (Å²) in [6.07, 6.45) is 2.49. The van der Waals surface area contributed by atoms with Crippen LogP contribution in [0.4, 0.5) is 5.69 Å². The maximum Gasteiger partial charge on any atom is 0.307 e. The minimum absolute atomic E-state index is 0.192. The van der Waals surface area contributed by atoms with Crippen molar-refractivity contribution >= 4 is 51.3 Å². The summed E-state index contributed by atoms with van der Waals surface area (Å²) >= 11 is 1.20. The second-order valence-corrected chi connectivity index (χ2v) is 10.2. The highest BCUT2D eigenvalue weighted by Gasteiger charge is 2.23. The number of nitrogens with one attached hydrogen (secondary N) is 1. The summed E-state index contributed by atoms with van der Waals surface area (Å²) in [7, 11) is 0. The van der Waals surface area contributed by atoms with Gasteiger partial charge < -0.3 is 25.0 Å². The SMILES string of the molecule is CCCOc1cc2c(OCCC)cccc2cc1/C=C1/SC(Nc2ccc(CC(=O)O)c(C(C)O)c2)=NC1=O. The number of carbonyl (C=O) groups is 2. The number of aliphatic carboxylic acids is 1. The van der Waals surface area contributed by atoms with E-state index < -0.39 is 12.1 Å². The molecule has 1 heterocycles. The molecule has 0 aromatic heterocycles. The molecule has 0 saturated heterocycles. The van der Waals surface area contributed by atoms with Crippen molar-refractivity contribution < 1.29 is 29.3 Å². The second kappa shape index (κ2) is 12.8. The van der Waals surface area contributed by atoms with Crippen LogP contribution in [0, 0.1) is 0 Å². The van der Waals surface area contributed by atoms with Gasteiger partial charge in [-0.1, -0.05) is 32.0 Å². The van der Waals surface area contributed by atoms with Crippen molar-refractivity contribution in [2.24, 2.45) is 4.99 Å². The molecule has 0 spiro atoms. The Labute approximate surface area is 231 Å². The van der Waals surface area contributed by atoms with Gasteiger partial charge in [-0.3, -0.25) is 9.59 Å². The number of aliphatic hydroxyl groups excluding tert-OH is 1. The third-order valence-corrected chi connectivity index (χ3v) is 6.89. The molecule has 1 unspecified atom stereocenters. The Morgan fingerprint density at radius 1 is 1.08 bits per heavy atom. The molecule has 0 aliphatic carbocycles. The van der Waals surface area contributed by atoms with Gasteiger partial charge in [-0.25, -0.2) is 0 Å². The molecule has 8 nitrogen and oxygen atoms in total. The fourth-order valence-electron chi connectivity index (χ4n) is 4.19. The number of amidine groups is 1. The Morgan fingerprint density at radius 3 is 2.51 bits per heavy atom. The van der Waals surface area contributed by atoms with Gasteiger partial charge in [0, 0.05) is 16.6 Å². The highest BCUT2D eigenvalue weighted by molar-refractivity contribution is 8.18. The maximum atomic E-state index is 12.8. The lowest BCUT2D eigenvalue weighted by atomic mass is 10.00. The quantitative estimate of drug-likeness (QED) is 0.243. The van der Waals surface area contributed by atoms with Crippen LogP contribution in [0.2, 0.25) is 0 Å². The molecular formula is C30H32N2O6S. The number of ether oxygens (including phenoxy) is 2. The van der Waals surface area contributed by atoms with Gasteiger partial charge in [-0.15, -0.1) is 0 Å². The molecule has 3 aromatic carbocycles. The number of rotatable bonds is 11. The zero-order chi connectivity index (χ0) is 27.9. The standard InChI is InChI=1S/C30H32N2O6S/c1-4-11-37-25-8-6-7-19-13-21(26(17-24(19)25)38-12-5-2)14-27-29(36)32-30(39-27)31-22-10-9-20(15-28(34)35)23(16-22)18(3)33/h6-10,13-14,16-18,33H,4-5,11-12,15H2,1-3H3,(H,34,35)(H,31,32,36)/b27-14+. The van der Waals surface area contributed by atoms with Gasteiger partial charge >= 0.3 is 5.97 Å². The lowest BCUT2D eigenvalue weighted by Gasteiger charge is -2.14. The molecule has 1 amide bonds. The van der Waals surface area contributed by atoms with Gasteiger partial charge in [0.1, 0.15) is 11.5 Å². The predicted molar refractivity (Wildman–Crippen MR) is 156 cm³/mol. The number of aliphatic hydroxyl groups is 1. The van der Waals surface area contributed by atoms with E-state index in [2.05, 4.69) is 17.2 Å². The van der Waals surface area contributed by atoms with E-state index in [1.807, 2.05) is 37.3 Å². The Hall–Kier alpha value is -3.82. The summed E-state index contributed by atoms with van der Waals surface area (Å²) in [5.74, 6) is 0.105. The first-order valence-electron chi connectivity index (χ1n) is 12.9. The van der Waals surface area contributed by atoms with Crippen molar-refractivity contribution in [3.05, 3.63) is 70.1 Å². The average Bonchev–Trinajstić information content (AvgIpc) is 3.24. The minimum atomic E-state index is -0.977. The molecule has 9 heteroatoms. The minimum Gasteiger partial charge on any atom is -0.493 e. The van der Waals surface area contributed by atoms with Gasteiger partial charge in [0.25, 0.3) is 5.91 Å². The first-order chi connectivity index (χ1) is 18.8. The number of aliphatic imine (C=N–C) groups is 1. The number of benzene rings is 3. The number of nitrogens with zero attached hydrogens (tertiary/aromatic N) is 1. The number of anilines is 1. The van der Waals surface area contributed by atoms with Crippen LogP contribution in [-0.2, 0) is 16.0 Å². The highest BCUT2D eigenvalue weighted by atomic mass is 32.2. The summed E-state index contributed by atoms with van der Waals surface area (Å²) < 4.78 is 12.0. The van der Waals surface area contributed by atoms with Crippen molar-refractivity contribution in [2.75, 3.05) is 18.5 Å². The van der Waals surface area contributed by atoms with E-state index in [1.54, 1.807) is 31.2 Å². The van der Waals surface area contributed by atoms with Gasteiger partial charge in [0.15, 0.2) is 5.17 Å². The Balaban J connectivity index is 1.60. The summed E-state index contributed by atoms with van der Waals surface area (Å²) in [5, 5.41) is 24.7. The van der Waals surface area contributed by atoms with E-state index in [-0.39, 0.29) is 12.3 Å². The molecule has 0 radical (unpaired) electrons. The van der Waals surface area contributed by atoms with E-state index in [4.69, 9.17) is 14.6 Å². The number of amides is 1. The van der Waals surface area contributed by atoms with E-state index >= 15 is 0 Å². The monoisotopic (exact) mass is 548 g/mol. The Kier molecular flexibility index (Phi) is 9.27. The average molecular weight is 549 g/mol. The van der Waals surface area contributed by atoms with E-state index in [9.17, 15) is 14.7 Å². The lowest BCUT2D eigenvalue weighted by Crippen LogP contribution is -2.09. The predicted octanol–water partition coefficient (Wildman–Crippen LogP) is 6.18. The van der Waals surface area contributed by atoms with Crippen molar-refractivity contribution in [1.82, 2.24) is 0 Å². The maximum absolute atomic E-state index is 12.8. The zero-order valence-electron chi connectivity index (χ0n) is 22.2. The van der Waals surface area contributed by atoms with E-state index in [0.29, 0.717) is 45.9 Å². The number of carboxylic acids is 1. The molecule has 0 saturated carbocycles. The summed E-state index contributed by atoms with van der Waals surface area (Å²) in [6.45, 7) is 6.84. The number of fused-ring (bicyclic) bond motifs is 1. The largest absolute Gasteiger partial charge is 0.493 e. The van der Waals surface area contributed by atoms with E-state index in [1.165, 1.54) is 11.8 Å². The Morgan fingerprint density at radius 2 is 1.82 bits per heavy atom. The third-order valence-electron chi connectivity index (χ3n) is 5.99. The van der Waals surface area contributed by atoms with Crippen molar-refractivity contribution in [2.45, 2.75) is 46.1 Å². The van der Waals surface area contributed by atoms with Crippen LogP contribution in [0.25, 0.3) is 16.8 Å². The Bertz CT molecular complexity index is 1450. The molecule has 3 N–H and O–H groups in total. The summed E-state index contributed by atoms with van der Waals surface area (Å²) in [4.78, 5) is 28.6. The van der Waals surface area contributed by atoms with E-state index in [0.717, 1.165) is 34.9 Å². The molecule has 3 aromatic rings. The fraction of sp³-hybridized carbons (Fsp3) is 0.300. The van der Waals surface area contributed by atoms with Gasteiger partial charge in [0.05, 0.1) is 30.6 Å². The molecule has 39 heavy (non-hydrogen) atoms. The second-order valence-electron chi connectivity index (χ2n) is 9.18. The molecule has 204 valence electrons. The van der Waals surface area contributed by atoms with Crippen molar-refractivity contribution in [1.29, 1.82) is 0 Å². The molecule has 4 rings (SSSR count). The highest BCUT2D eigenvalue weighted by Crippen LogP contribution is 2.37. The molecule has 0 fully saturated rings. The topological polar surface area (TPSA) is 117 Å². The normalized spacial score (nSPS) is 14.9. The first-order valence-corrected chi connectivity index (χ1v) is 13.7. The fourth-order valence-corrected chi connectivity index (χ4v) is 5.02. The molecule has 0 bridgehead atoms. The van der Waals surface area contributed by atoms with Crippen LogP contribution in [-0.4, -0.2) is 40.5 Å². The molecule has 1 aliphatic rings. The van der Waals surface area contributed by atoms with Crippen LogP contribution >= 0.6 is 11.8 Å². The summed E-state index contributed by atoms with van der Waals surface area (Å²) in [6, 6.07) is 14.9. The number of carboxylic acid groups (broad SMARTS) is 1. The molecule has 1 atom stereocenters. The van der Waals surface area contributed by atoms with Gasteiger partial charge in [-0.2, -0.15) is 4.99 Å². The first kappa shape index (κ1) is 28.2. The van der Waals surface area contributed by atoms with Crippen LogP contribution in [0.3, 0.4) is 0 Å². The van der Waals surface area contributed by atoms with Gasteiger partial charge in [-0.05, 0) is 84.4 Å². The smallest absolute Gasteiger partial charge is 0.307 e.